The summed E-state index contributed by atoms with van der Waals surface area (Å²) in [5.41, 5.74) is 33.4. The number of aromatic carboxylic acids is 1. The predicted molar refractivity (Wildman–Crippen MR) is 339 cm³/mol. The Kier molecular flexibility index (Phi) is 49.2. The molecule has 33 heteroatoms. The van der Waals surface area contributed by atoms with Crippen LogP contribution in [-0.2, 0) is 18.7 Å². The zero-order valence-corrected chi connectivity index (χ0v) is 52.7. The van der Waals surface area contributed by atoms with E-state index in [4.69, 9.17) is 53.6 Å². The fourth-order valence-electron chi connectivity index (χ4n) is 4.74. The molecule has 6 aromatic heterocycles. The Balaban J connectivity index is -0.000000454. The molecule has 0 aliphatic heterocycles. The number of hydrogen-bond acceptors (Lipinski definition) is 26. The van der Waals surface area contributed by atoms with Crippen LogP contribution in [-0.4, -0.2) is 194 Å². The third-order valence-corrected chi connectivity index (χ3v) is 8.58. The van der Waals surface area contributed by atoms with Gasteiger partial charge in [-0.05, 0) is 102 Å². The highest BCUT2D eigenvalue weighted by Crippen LogP contribution is 2.18. The van der Waals surface area contributed by atoms with Crippen molar-refractivity contribution in [1.29, 1.82) is 0 Å². The molecule has 1 unspecified atom stereocenters. The number of carboxylic acids is 1. The Morgan fingerprint density at radius 3 is 1.46 bits per heavy atom. The molecule has 0 saturated carbocycles. The quantitative estimate of drug-likeness (QED) is 0.0109. The smallest absolute Gasteiger partial charge is 0.356 e. The van der Waals surface area contributed by atoms with Gasteiger partial charge in [0.1, 0.15) is 59.5 Å². The largest absolute Gasteiger partial charge is 0.477 e. The lowest BCUT2D eigenvalue weighted by molar-refractivity contribution is 0.0116. The normalized spacial score (nSPS) is 10.1. The number of aromatic nitrogens is 8. The Hall–Kier alpha value is -8.24. The van der Waals surface area contributed by atoms with Crippen molar-refractivity contribution in [3.8, 4) is 11.5 Å². The average molecular weight is 1250 g/mol. The van der Waals surface area contributed by atoms with Gasteiger partial charge >= 0.3 is 11.9 Å². The van der Waals surface area contributed by atoms with Crippen molar-refractivity contribution in [2.24, 2.45) is 33.1 Å². The van der Waals surface area contributed by atoms with E-state index in [0.717, 1.165) is 18.6 Å². The number of aliphatic hydroxyl groups is 1. The number of methoxy groups -OCH3 is 2. The number of ketones is 2. The van der Waals surface area contributed by atoms with E-state index in [2.05, 4.69) is 96.7 Å². The number of carbonyl (C=O) groups excluding carboxylic acids is 3. The second-order valence-corrected chi connectivity index (χ2v) is 19.6. The van der Waals surface area contributed by atoms with Gasteiger partial charge in [-0.25, -0.2) is 43.7 Å². The first-order valence-electron chi connectivity index (χ1n) is 24.7. The molecule has 30 nitrogen and oxygen atoms in total. The first-order valence-corrected chi connectivity index (χ1v) is 27.5. The van der Waals surface area contributed by atoms with Gasteiger partial charge in [0.25, 0.3) is 0 Å². The van der Waals surface area contributed by atoms with Crippen LogP contribution >= 0.6 is 21.4 Å². The SMILES string of the molecule is CC(C)N.CC(C)n1cnnc1-c1cccc(N)n1.CN(C)C=NCC(=O)c1cccc(N=CN(C)C)n1.CO.COC(=O)c1cccc(N)n1.COC(C)N(C)C.NCC(=O)c1cccc(N)n1.NN.Nc1cccc(C(=O)O)n1.O=S(Cl)Cl. The number of nitrogens with two attached hydrogens (primary N) is 8. The number of hydrazine groups is 1. The summed E-state index contributed by atoms with van der Waals surface area (Å²) in [5, 5.41) is 23.3. The van der Waals surface area contributed by atoms with Crippen LogP contribution in [0.1, 0.15) is 82.6 Å². The molecule has 6 heterocycles. The number of Topliss-reactive ketones (excluding diaryl/α,β-unsaturated/α-hetero) is 2. The van der Waals surface area contributed by atoms with E-state index in [-0.39, 0.29) is 48.1 Å². The number of anilines is 4. The third-order valence-electron chi connectivity index (χ3n) is 8.58. The first kappa shape index (κ1) is 83.2. The minimum Gasteiger partial charge on any atom is -0.477 e. The van der Waals surface area contributed by atoms with Gasteiger partial charge in [0, 0.05) is 69.8 Å². The molecule has 0 aromatic carbocycles. The van der Waals surface area contributed by atoms with Gasteiger partial charge in [-0.15, -0.1) is 10.2 Å². The molecule has 6 aromatic rings. The Morgan fingerprint density at radius 1 is 0.671 bits per heavy atom. The van der Waals surface area contributed by atoms with Gasteiger partial charge < -0.3 is 68.5 Å². The van der Waals surface area contributed by atoms with E-state index >= 15 is 0 Å². The number of hydrogen-bond donors (Lipinski definition) is 10. The standard InChI is InChI=1S/C13H19N5O.C10H13N5.C7H9N3O.C7H8N2O2.C6H6N2O2.C5H13NO.C3H9N.CH4O.Cl2OS.H4N2/c1-17(2)9-14-8-12(19)11-6-5-7-13(16-11)15-10-18(3)4;1-7(2)15-6-12-14-10(15)8-4-3-5-9(11)13-8;8-4-6(11)5-2-1-3-7(9)10-5;1-11-7(10)5-3-2-4-6(8)9-5;7-5-3-1-2-4(8-5)6(9)10;1-5(7-4)6(2)3;1-3(2)4;1-2;1-4(2)3;1-2/h5-7,9-10H,8H2,1-4H3;3-7H,1-2H3,(H2,11,13);1-3H,4,8H2,(H2,9,10);2-4H,1H3,(H2,8,9);1-3H,(H2,7,8)(H,9,10);5H,1-4H3;3H,4H2,1-2H3;2H,1H3;;1-2H2. The predicted octanol–water partition coefficient (Wildman–Crippen LogP) is 3.56. The van der Waals surface area contributed by atoms with E-state index in [9.17, 15) is 19.2 Å². The summed E-state index contributed by atoms with van der Waals surface area (Å²) >= 11 is 0. The highest BCUT2D eigenvalue weighted by atomic mass is 36.0. The molecule has 0 saturated heterocycles. The topological polar surface area (TPSA) is 482 Å². The number of aliphatic imine (C=N–C) groups is 2. The third kappa shape index (κ3) is 44.0. The lowest BCUT2D eigenvalue weighted by Gasteiger charge is -2.16. The molecular formula is C52H85Cl2N21O9S. The molecular weight excluding hydrogens is 1170 g/mol. The number of pyridine rings is 5. The number of halogens is 2. The minimum absolute atomic E-state index is 0.0278. The number of esters is 1. The average Bonchev–Trinajstić information content (AvgIpc) is 4.16. The summed E-state index contributed by atoms with van der Waals surface area (Å²) in [6.45, 7) is 10.1. The van der Waals surface area contributed by atoms with E-state index in [1.165, 1.54) is 19.2 Å². The van der Waals surface area contributed by atoms with Crippen LogP contribution < -0.4 is 46.1 Å². The van der Waals surface area contributed by atoms with Crippen molar-refractivity contribution in [2.45, 2.75) is 52.9 Å². The number of aliphatic hydroxyl groups excluding tert-OH is 1. The molecule has 0 spiro atoms. The molecule has 0 aliphatic rings. The molecule has 6 rings (SSSR count). The van der Waals surface area contributed by atoms with Crippen LogP contribution in [0.2, 0.25) is 0 Å². The van der Waals surface area contributed by atoms with Gasteiger partial charge in [-0.1, -0.05) is 44.2 Å². The fraction of sp³-hybridized carbons (Fsp3) is 0.365. The van der Waals surface area contributed by atoms with Crippen LogP contribution in [0.5, 0.6) is 0 Å². The summed E-state index contributed by atoms with van der Waals surface area (Å²) < 4.78 is 20.4. The molecule has 0 fully saturated rings. The van der Waals surface area contributed by atoms with Crippen molar-refractivity contribution in [3.63, 3.8) is 0 Å². The van der Waals surface area contributed by atoms with Crippen LogP contribution in [0.15, 0.2) is 107 Å². The molecule has 18 N–H and O–H groups in total. The van der Waals surface area contributed by atoms with Crippen molar-refractivity contribution >= 4 is 95.9 Å². The van der Waals surface area contributed by atoms with Crippen LogP contribution in [0, 0.1) is 0 Å². The molecule has 1 atom stereocenters. The Labute approximate surface area is 508 Å². The summed E-state index contributed by atoms with van der Waals surface area (Å²) in [4.78, 5) is 77.1. The van der Waals surface area contributed by atoms with Gasteiger partial charge in [0.15, 0.2) is 28.8 Å². The number of ether oxygens (including phenoxy) is 2. The molecule has 472 valence electrons. The minimum atomic E-state index is -1.67. The van der Waals surface area contributed by atoms with Crippen LogP contribution in [0.3, 0.4) is 0 Å². The molecule has 0 amide bonds. The molecule has 0 aliphatic carbocycles. The number of nitrogens with zero attached hydrogens (tertiary/aromatic N) is 13. The highest BCUT2D eigenvalue weighted by molar-refractivity contribution is 8.26. The molecule has 0 bridgehead atoms. The zero-order valence-electron chi connectivity index (χ0n) is 50.4. The van der Waals surface area contributed by atoms with Crippen LogP contribution in [0.25, 0.3) is 11.5 Å². The summed E-state index contributed by atoms with van der Waals surface area (Å²) in [6.07, 6.45) is 5.18. The van der Waals surface area contributed by atoms with E-state index in [1.54, 1.807) is 103 Å². The van der Waals surface area contributed by atoms with E-state index in [0.29, 0.717) is 46.7 Å². The van der Waals surface area contributed by atoms with E-state index in [1.807, 2.05) is 84.7 Å². The maximum atomic E-state index is 11.9. The zero-order chi connectivity index (χ0) is 66.2. The maximum Gasteiger partial charge on any atom is 0.356 e. The van der Waals surface area contributed by atoms with Crippen molar-refractivity contribution in [3.05, 3.63) is 120 Å². The lowest BCUT2D eigenvalue weighted by Crippen LogP contribution is -2.25. The first-order chi connectivity index (χ1) is 40.0. The summed E-state index contributed by atoms with van der Waals surface area (Å²) in [7, 11) is 22.8. The van der Waals surface area contributed by atoms with Crippen molar-refractivity contribution in [2.75, 3.05) is 99.6 Å². The van der Waals surface area contributed by atoms with Gasteiger partial charge in [-0.2, -0.15) is 0 Å². The van der Waals surface area contributed by atoms with Crippen LogP contribution in [0.4, 0.5) is 29.1 Å². The van der Waals surface area contributed by atoms with Crippen molar-refractivity contribution in [1.82, 2.24) is 54.4 Å². The van der Waals surface area contributed by atoms with Gasteiger partial charge in [0.05, 0.1) is 26.3 Å². The lowest BCUT2D eigenvalue weighted by atomic mass is 10.2. The van der Waals surface area contributed by atoms with Gasteiger partial charge in [-0.3, -0.25) is 31.2 Å². The van der Waals surface area contributed by atoms with Crippen molar-refractivity contribution < 1.29 is 43.1 Å². The summed E-state index contributed by atoms with van der Waals surface area (Å²) in [6, 6.07) is 25.4. The maximum absolute atomic E-state index is 11.9. The Morgan fingerprint density at radius 2 is 1.08 bits per heavy atom. The number of rotatable bonds is 14. The second kappa shape index (κ2) is 50.3. The highest BCUT2D eigenvalue weighted by Gasteiger charge is 2.11. The fourth-order valence-corrected chi connectivity index (χ4v) is 4.74. The summed E-state index contributed by atoms with van der Waals surface area (Å²) in [5.74, 6) is 8.76. The number of carboxylic acid groups (broad SMARTS) is 1. The van der Waals surface area contributed by atoms with Gasteiger partial charge in [0.2, 0.25) is 15.0 Å². The number of carbonyl (C=O) groups is 4. The number of nitrogen functional groups attached to an aromatic ring is 4. The monoisotopic (exact) mass is 1250 g/mol. The molecule has 0 radical (unpaired) electrons. The second-order valence-electron chi connectivity index (χ2n) is 17.0. The van der Waals surface area contributed by atoms with E-state index < -0.39 is 21.2 Å². The molecule has 85 heavy (non-hydrogen) atoms. The Bertz CT molecular complexity index is 2800.